The number of rotatable bonds is 6. The Morgan fingerprint density at radius 2 is 2.47 bits per heavy atom. The molecule has 2 aromatic rings. The summed E-state index contributed by atoms with van der Waals surface area (Å²) in [6, 6.07) is -0.289. The van der Waals surface area contributed by atoms with Crippen LogP contribution >= 0.6 is 11.8 Å². The molecule has 0 aliphatic carbocycles. The van der Waals surface area contributed by atoms with Crippen LogP contribution in [0, 0.1) is 0 Å². The predicted octanol–water partition coefficient (Wildman–Crippen LogP) is 1.29. The van der Waals surface area contributed by atoms with E-state index in [1.165, 1.54) is 0 Å². The zero-order chi connectivity index (χ0) is 12.1. The molecule has 0 spiro atoms. The molecule has 17 heavy (non-hydrogen) atoms. The second kappa shape index (κ2) is 5.83. The van der Waals surface area contributed by atoms with E-state index in [4.69, 9.17) is 10.3 Å². The Labute approximate surface area is 103 Å². The van der Waals surface area contributed by atoms with E-state index < -0.39 is 0 Å². The third-order valence-electron chi connectivity index (χ3n) is 2.23. The lowest BCUT2D eigenvalue weighted by Crippen LogP contribution is -2.14. The monoisotopic (exact) mass is 253 g/mol. The van der Waals surface area contributed by atoms with Crippen molar-refractivity contribution < 1.29 is 4.52 Å². The molecule has 92 valence electrons. The van der Waals surface area contributed by atoms with E-state index in [1.54, 1.807) is 24.3 Å². The lowest BCUT2D eigenvalue weighted by molar-refractivity contribution is 0.350. The lowest BCUT2D eigenvalue weighted by atomic mass is 10.2. The van der Waals surface area contributed by atoms with Gasteiger partial charge in [0.05, 0.1) is 18.1 Å². The number of nitrogens with two attached hydrogens (primary N) is 1. The van der Waals surface area contributed by atoms with E-state index in [0.717, 1.165) is 17.2 Å². The summed E-state index contributed by atoms with van der Waals surface area (Å²) in [7, 11) is 0. The minimum absolute atomic E-state index is 0.289. The van der Waals surface area contributed by atoms with Gasteiger partial charge in [-0.15, -0.1) is 0 Å². The summed E-state index contributed by atoms with van der Waals surface area (Å²) in [4.78, 5) is 11.2. The maximum Gasteiger partial charge on any atom is 0.243 e. The highest BCUT2D eigenvalue weighted by molar-refractivity contribution is 7.98. The van der Waals surface area contributed by atoms with Gasteiger partial charge in [-0.25, -0.2) is 4.98 Å². The molecule has 0 unspecified atom stereocenters. The van der Waals surface area contributed by atoms with E-state index >= 15 is 0 Å². The first kappa shape index (κ1) is 12.1. The van der Waals surface area contributed by atoms with Gasteiger partial charge >= 0.3 is 0 Å². The van der Waals surface area contributed by atoms with Gasteiger partial charge in [0.25, 0.3) is 0 Å². The molecule has 2 heterocycles. The SMILES string of the molecule is CCSCc1noc([C@@H](N)Cc2cnc[nH]2)n1. The highest BCUT2D eigenvalue weighted by Crippen LogP contribution is 2.15. The molecule has 0 aromatic carbocycles. The van der Waals surface area contributed by atoms with Crippen LogP contribution in [-0.2, 0) is 12.2 Å². The summed E-state index contributed by atoms with van der Waals surface area (Å²) in [5.41, 5.74) is 6.94. The number of thioether (sulfide) groups is 1. The Hall–Kier alpha value is -1.34. The molecule has 1 atom stereocenters. The second-order valence-corrected chi connectivity index (χ2v) is 4.85. The molecular formula is C10H15N5OS. The molecule has 0 saturated carbocycles. The van der Waals surface area contributed by atoms with Crippen molar-refractivity contribution in [2.24, 2.45) is 5.73 Å². The smallest absolute Gasteiger partial charge is 0.243 e. The molecule has 0 aliphatic heterocycles. The fourth-order valence-electron chi connectivity index (χ4n) is 1.39. The standard InChI is InChI=1S/C10H15N5OS/c1-2-17-5-9-14-10(16-15-9)8(11)3-7-4-12-6-13-7/h4,6,8H,2-3,5,11H2,1H3,(H,12,13)/t8-/m0/s1. The quantitative estimate of drug-likeness (QED) is 0.805. The first-order valence-corrected chi connectivity index (χ1v) is 6.58. The average Bonchev–Trinajstić information content (AvgIpc) is 2.96. The summed E-state index contributed by atoms with van der Waals surface area (Å²) in [6.07, 6.45) is 3.98. The highest BCUT2D eigenvalue weighted by atomic mass is 32.2. The summed E-state index contributed by atoms with van der Waals surface area (Å²) in [6.45, 7) is 2.09. The minimum atomic E-state index is -0.289. The van der Waals surface area contributed by atoms with E-state index in [-0.39, 0.29) is 6.04 Å². The Morgan fingerprint density at radius 1 is 1.59 bits per heavy atom. The van der Waals surface area contributed by atoms with Gasteiger partial charge in [-0.2, -0.15) is 16.7 Å². The number of hydrogen-bond acceptors (Lipinski definition) is 6. The first-order chi connectivity index (χ1) is 8.29. The van der Waals surface area contributed by atoms with Gasteiger partial charge in [0.2, 0.25) is 5.89 Å². The zero-order valence-corrected chi connectivity index (χ0v) is 10.4. The molecule has 0 saturated heterocycles. The topological polar surface area (TPSA) is 93.6 Å². The molecular weight excluding hydrogens is 238 g/mol. The van der Waals surface area contributed by atoms with Crippen molar-refractivity contribution in [3.05, 3.63) is 29.9 Å². The first-order valence-electron chi connectivity index (χ1n) is 5.42. The van der Waals surface area contributed by atoms with Crippen LogP contribution in [0.5, 0.6) is 0 Å². The fourth-order valence-corrected chi connectivity index (χ4v) is 1.89. The van der Waals surface area contributed by atoms with Crippen LogP contribution in [0.3, 0.4) is 0 Å². The van der Waals surface area contributed by atoms with Crippen LogP contribution in [0.15, 0.2) is 17.0 Å². The summed E-state index contributed by atoms with van der Waals surface area (Å²) in [5, 5.41) is 3.89. The van der Waals surface area contributed by atoms with Gasteiger partial charge in [0, 0.05) is 18.3 Å². The van der Waals surface area contributed by atoms with Crippen molar-refractivity contribution in [1.82, 2.24) is 20.1 Å². The molecule has 0 aliphatic rings. The van der Waals surface area contributed by atoms with E-state index in [1.807, 2.05) is 0 Å². The Morgan fingerprint density at radius 3 is 3.18 bits per heavy atom. The van der Waals surface area contributed by atoms with Gasteiger partial charge in [-0.3, -0.25) is 0 Å². The summed E-state index contributed by atoms with van der Waals surface area (Å²) >= 11 is 1.75. The van der Waals surface area contributed by atoms with Crippen molar-refractivity contribution in [3.8, 4) is 0 Å². The van der Waals surface area contributed by atoms with Gasteiger partial charge < -0.3 is 15.2 Å². The number of H-pyrrole nitrogens is 1. The summed E-state index contributed by atoms with van der Waals surface area (Å²) in [5.74, 6) is 2.97. The second-order valence-electron chi connectivity index (χ2n) is 3.57. The largest absolute Gasteiger partial charge is 0.348 e. The Bertz CT molecular complexity index is 441. The van der Waals surface area contributed by atoms with Crippen LogP contribution in [0.2, 0.25) is 0 Å². The number of aromatic nitrogens is 4. The van der Waals surface area contributed by atoms with Gasteiger partial charge in [0.15, 0.2) is 5.82 Å². The van der Waals surface area contributed by atoms with Crippen LogP contribution in [0.4, 0.5) is 0 Å². The van der Waals surface area contributed by atoms with Crippen molar-refractivity contribution in [2.45, 2.75) is 25.1 Å². The van der Waals surface area contributed by atoms with Crippen LogP contribution < -0.4 is 5.73 Å². The third kappa shape index (κ3) is 3.31. The molecule has 0 bridgehead atoms. The highest BCUT2D eigenvalue weighted by Gasteiger charge is 2.15. The van der Waals surface area contributed by atoms with E-state index in [0.29, 0.717) is 18.1 Å². The number of imidazole rings is 1. The zero-order valence-electron chi connectivity index (χ0n) is 9.59. The third-order valence-corrected chi connectivity index (χ3v) is 3.10. The molecule has 6 nitrogen and oxygen atoms in total. The molecule has 0 radical (unpaired) electrons. The van der Waals surface area contributed by atoms with Crippen molar-refractivity contribution in [3.63, 3.8) is 0 Å². The average molecular weight is 253 g/mol. The Balaban J connectivity index is 1.94. The molecule has 7 heteroatoms. The maximum atomic E-state index is 5.98. The molecule has 2 aromatic heterocycles. The number of nitrogens with one attached hydrogen (secondary N) is 1. The molecule has 2 rings (SSSR count). The van der Waals surface area contributed by atoms with Gasteiger partial charge in [-0.05, 0) is 5.75 Å². The van der Waals surface area contributed by atoms with E-state index in [2.05, 4.69) is 27.0 Å². The Kier molecular flexibility index (Phi) is 4.16. The predicted molar refractivity (Wildman–Crippen MR) is 65.4 cm³/mol. The maximum absolute atomic E-state index is 5.98. The summed E-state index contributed by atoms with van der Waals surface area (Å²) < 4.78 is 5.14. The van der Waals surface area contributed by atoms with Crippen LogP contribution in [0.1, 0.15) is 30.4 Å². The number of nitrogens with zero attached hydrogens (tertiary/aromatic N) is 3. The van der Waals surface area contributed by atoms with Crippen LogP contribution in [-0.4, -0.2) is 25.9 Å². The molecule has 0 fully saturated rings. The lowest BCUT2D eigenvalue weighted by Gasteiger charge is -2.03. The minimum Gasteiger partial charge on any atom is -0.348 e. The number of aromatic amines is 1. The van der Waals surface area contributed by atoms with Crippen LogP contribution in [0.25, 0.3) is 0 Å². The van der Waals surface area contributed by atoms with Gasteiger partial charge in [0.1, 0.15) is 0 Å². The van der Waals surface area contributed by atoms with Crippen molar-refractivity contribution in [1.29, 1.82) is 0 Å². The molecule has 3 N–H and O–H groups in total. The van der Waals surface area contributed by atoms with E-state index in [9.17, 15) is 0 Å². The molecule has 0 amide bonds. The normalized spacial score (nSPS) is 12.8. The fraction of sp³-hybridized carbons (Fsp3) is 0.500. The van der Waals surface area contributed by atoms with Gasteiger partial charge in [-0.1, -0.05) is 12.1 Å². The van der Waals surface area contributed by atoms with Crippen molar-refractivity contribution >= 4 is 11.8 Å². The number of hydrogen-bond donors (Lipinski definition) is 2. The van der Waals surface area contributed by atoms with Crippen molar-refractivity contribution in [2.75, 3.05) is 5.75 Å².